The molecule has 1 aromatic heterocycles. The molecule has 2 N–H and O–H groups in total. The molecular formula is C15H16N2O3S. The fourth-order valence-corrected chi connectivity index (χ4v) is 3.95. The van der Waals surface area contributed by atoms with Crippen molar-refractivity contribution in [3.63, 3.8) is 0 Å². The predicted molar refractivity (Wildman–Crippen MR) is 82.4 cm³/mol. The number of aliphatic carboxylic acids is 1. The van der Waals surface area contributed by atoms with Gasteiger partial charge in [0.25, 0.3) is 0 Å². The second-order valence-electron chi connectivity index (χ2n) is 5.24. The Kier molecular flexibility index (Phi) is 3.63. The lowest BCUT2D eigenvalue weighted by Gasteiger charge is -2.24. The molecule has 1 aliphatic rings. The SMILES string of the molecule is O=C(Cn1ccc2ccccc21)NC1(C(=O)O)CCSC1. The van der Waals surface area contributed by atoms with Gasteiger partial charge in [-0.05, 0) is 29.7 Å². The summed E-state index contributed by atoms with van der Waals surface area (Å²) < 4.78 is 1.84. The van der Waals surface area contributed by atoms with Gasteiger partial charge in [-0.2, -0.15) is 11.8 Å². The number of benzene rings is 1. The fourth-order valence-electron chi connectivity index (χ4n) is 2.63. The Labute approximate surface area is 126 Å². The van der Waals surface area contributed by atoms with Gasteiger partial charge in [-0.1, -0.05) is 18.2 Å². The number of nitrogens with one attached hydrogen (secondary N) is 1. The molecule has 6 heteroatoms. The number of para-hydroxylation sites is 1. The van der Waals surface area contributed by atoms with Crippen LogP contribution in [0.15, 0.2) is 36.5 Å². The normalized spacial score (nSPS) is 21.5. The monoisotopic (exact) mass is 304 g/mol. The van der Waals surface area contributed by atoms with Crippen molar-refractivity contribution in [3.8, 4) is 0 Å². The first-order chi connectivity index (χ1) is 10.1. The van der Waals surface area contributed by atoms with Gasteiger partial charge >= 0.3 is 5.97 Å². The Morgan fingerprint density at radius 2 is 2.14 bits per heavy atom. The molecule has 0 saturated carbocycles. The zero-order valence-corrected chi connectivity index (χ0v) is 12.2. The molecule has 110 valence electrons. The van der Waals surface area contributed by atoms with E-state index in [4.69, 9.17) is 0 Å². The summed E-state index contributed by atoms with van der Waals surface area (Å²) >= 11 is 1.56. The fraction of sp³-hybridized carbons (Fsp3) is 0.333. The van der Waals surface area contributed by atoms with Gasteiger partial charge in [-0.25, -0.2) is 4.79 Å². The van der Waals surface area contributed by atoms with Crippen LogP contribution in [0, 0.1) is 0 Å². The van der Waals surface area contributed by atoms with E-state index in [-0.39, 0.29) is 12.5 Å². The molecule has 1 saturated heterocycles. The second kappa shape index (κ2) is 5.44. The number of carbonyl (C=O) groups is 2. The highest BCUT2D eigenvalue weighted by atomic mass is 32.2. The molecule has 2 aromatic rings. The van der Waals surface area contributed by atoms with Crippen LogP contribution >= 0.6 is 11.8 Å². The summed E-state index contributed by atoms with van der Waals surface area (Å²) in [6.45, 7) is 0.132. The summed E-state index contributed by atoms with van der Waals surface area (Å²) in [6, 6.07) is 9.74. The number of carbonyl (C=O) groups excluding carboxylic acids is 1. The number of rotatable bonds is 4. The standard InChI is InChI=1S/C15H16N2O3S/c18-13(16-15(14(19)20)6-8-21-10-15)9-17-7-5-11-3-1-2-4-12(11)17/h1-5,7H,6,8-10H2,(H,16,18)(H,19,20). The van der Waals surface area contributed by atoms with Crippen molar-refractivity contribution in [1.82, 2.24) is 9.88 Å². The highest BCUT2D eigenvalue weighted by Gasteiger charge is 2.43. The van der Waals surface area contributed by atoms with Crippen LogP contribution in [0.25, 0.3) is 10.9 Å². The minimum Gasteiger partial charge on any atom is -0.479 e. The van der Waals surface area contributed by atoms with Crippen molar-refractivity contribution >= 4 is 34.5 Å². The van der Waals surface area contributed by atoms with E-state index >= 15 is 0 Å². The van der Waals surface area contributed by atoms with Crippen LogP contribution in [0.1, 0.15) is 6.42 Å². The van der Waals surface area contributed by atoms with Gasteiger partial charge in [0.15, 0.2) is 0 Å². The summed E-state index contributed by atoms with van der Waals surface area (Å²) in [6.07, 6.45) is 2.33. The third-order valence-electron chi connectivity index (χ3n) is 3.80. The van der Waals surface area contributed by atoms with Crippen molar-refractivity contribution in [2.45, 2.75) is 18.5 Å². The first-order valence-electron chi connectivity index (χ1n) is 6.77. The Morgan fingerprint density at radius 3 is 2.86 bits per heavy atom. The molecular weight excluding hydrogens is 288 g/mol. The maximum atomic E-state index is 12.2. The van der Waals surface area contributed by atoms with Gasteiger partial charge in [0.2, 0.25) is 5.91 Å². The van der Waals surface area contributed by atoms with Gasteiger partial charge in [-0.3, -0.25) is 4.79 Å². The van der Waals surface area contributed by atoms with Crippen LogP contribution in [-0.2, 0) is 16.1 Å². The highest BCUT2D eigenvalue weighted by Crippen LogP contribution is 2.28. The number of carboxylic acids is 1. The first-order valence-corrected chi connectivity index (χ1v) is 7.92. The van der Waals surface area contributed by atoms with E-state index in [1.165, 1.54) is 0 Å². The number of fused-ring (bicyclic) bond motifs is 1. The van der Waals surface area contributed by atoms with Crippen LogP contribution in [0.5, 0.6) is 0 Å². The number of thioether (sulfide) groups is 1. The van der Waals surface area contributed by atoms with Gasteiger partial charge in [0, 0.05) is 17.5 Å². The van der Waals surface area contributed by atoms with E-state index in [9.17, 15) is 14.7 Å². The molecule has 0 radical (unpaired) electrons. The van der Waals surface area contributed by atoms with Crippen molar-refractivity contribution < 1.29 is 14.7 Å². The molecule has 0 spiro atoms. The first kappa shape index (κ1) is 14.0. The maximum Gasteiger partial charge on any atom is 0.330 e. The van der Waals surface area contributed by atoms with E-state index in [2.05, 4.69) is 5.32 Å². The number of nitrogens with zero attached hydrogens (tertiary/aromatic N) is 1. The lowest BCUT2D eigenvalue weighted by Crippen LogP contribution is -2.55. The van der Waals surface area contributed by atoms with Gasteiger partial charge in [0.1, 0.15) is 12.1 Å². The van der Waals surface area contributed by atoms with E-state index < -0.39 is 11.5 Å². The Hall–Kier alpha value is -1.95. The zero-order chi connectivity index (χ0) is 14.9. The summed E-state index contributed by atoms with van der Waals surface area (Å²) in [4.78, 5) is 23.7. The molecule has 1 aliphatic heterocycles. The summed E-state index contributed by atoms with van der Waals surface area (Å²) in [5.74, 6) is -0.0148. The van der Waals surface area contributed by atoms with Crippen molar-refractivity contribution in [2.24, 2.45) is 0 Å². The minimum atomic E-state index is -1.11. The summed E-state index contributed by atoms with van der Waals surface area (Å²) in [5.41, 5.74) is -0.136. The molecule has 1 atom stereocenters. The average Bonchev–Trinajstić information content (AvgIpc) is 3.08. The van der Waals surface area contributed by atoms with Crippen LogP contribution in [0.4, 0.5) is 0 Å². The van der Waals surface area contributed by atoms with Crippen molar-refractivity contribution in [3.05, 3.63) is 36.5 Å². The van der Waals surface area contributed by atoms with Gasteiger partial charge in [-0.15, -0.1) is 0 Å². The largest absolute Gasteiger partial charge is 0.479 e. The Bertz CT molecular complexity index is 689. The van der Waals surface area contributed by atoms with E-state index in [0.29, 0.717) is 12.2 Å². The molecule has 1 amide bonds. The van der Waals surface area contributed by atoms with Crippen LogP contribution < -0.4 is 5.32 Å². The molecule has 21 heavy (non-hydrogen) atoms. The molecule has 1 unspecified atom stereocenters. The number of hydrogen-bond donors (Lipinski definition) is 2. The number of hydrogen-bond acceptors (Lipinski definition) is 3. The summed E-state index contributed by atoms with van der Waals surface area (Å²) in [7, 11) is 0. The smallest absolute Gasteiger partial charge is 0.330 e. The molecule has 1 fully saturated rings. The maximum absolute atomic E-state index is 12.2. The van der Waals surface area contributed by atoms with Crippen LogP contribution in [0.3, 0.4) is 0 Å². The van der Waals surface area contributed by atoms with E-state index in [1.807, 2.05) is 41.1 Å². The lowest BCUT2D eigenvalue weighted by molar-refractivity contribution is -0.146. The van der Waals surface area contributed by atoms with Crippen LogP contribution in [0.2, 0.25) is 0 Å². The highest BCUT2D eigenvalue weighted by molar-refractivity contribution is 7.99. The van der Waals surface area contributed by atoms with E-state index in [0.717, 1.165) is 16.7 Å². The molecule has 0 bridgehead atoms. The average molecular weight is 304 g/mol. The third kappa shape index (κ3) is 2.63. The van der Waals surface area contributed by atoms with E-state index in [1.54, 1.807) is 11.8 Å². The predicted octanol–water partition coefficient (Wildman–Crippen LogP) is 1.72. The van der Waals surface area contributed by atoms with Gasteiger partial charge < -0.3 is 15.0 Å². The third-order valence-corrected chi connectivity index (χ3v) is 4.99. The Balaban J connectivity index is 1.76. The molecule has 3 rings (SSSR count). The number of aromatic nitrogens is 1. The lowest BCUT2D eigenvalue weighted by atomic mass is 9.99. The molecule has 0 aliphatic carbocycles. The molecule has 2 heterocycles. The second-order valence-corrected chi connectivity index (χ2v) is 6.35. The van der Waals surface area contributed by atoms with Gasteiger partial charge in [0.05, 0.1) is 0 Å². The number of amides is 1. The van der Waals surface area contributed by atoms with Crippen molar-refractivity contribution in [2.75, 3.05) is 11.5 Å². The van der Waals surface area contributed by atoms with Crippen molar-refractivity contribution in [1.29, 1.82) is 0 Å². The molecule has 1 aromatic carbocycles. The molecule has 5 nitrogen and oxygen atoms in total. The zero-order valence-electron chi connectivity index (χ0n) is 11.4. The number of carboxylic acid groups (broad SMARTS) is 1. The Morgan fingerprint density at radius 1 is 1.33 bits per heavy atom. The topological polar surface area (TPSA) is 71.3 Å². The minimum absolute atomic E-state index is 0.132. The summed E-state index contributed by atoms with van der Waals surface area (Å²) in [5, 5.41) is 13.2. The quantitative estimate of drug-likeness (QED) is 0.902. The van der Waals surface area contributed by atoms with Crippen LogP contribution in [-0.4, -0.2) is 38.6 Å².